The number of nitrogens with zero attached hydrogens (tertiary/aromatic N) is 1. The van der Waals surface area contributed by atoms with Gasteiger partial charge in [0, 0.05) is 6.04 Å². The summed E-state index contributed by atoms with van der Waals surface area (Å²) in [7, 11) is 1.65. The number of aliphatic hydroxyl groups excluding tert-OH is 1. The zero-order valence-electron chi connectivity index (χ0n) is 11.3. The topological polar surface area (TPSA) is 32.7 Å². The van der Waals surface area contributed by atoms with Crippen LogP contribution in [0.25, 0.3) is 0 Å². The number of hydrogen-bond donors (Lipinski definition) is 1. The van der Waals surface area contributed by atoms with Crippen LogP contribution in [0.3, 0.4) is 0 Å². The van der Waals surface area contributed by atoms with Crippen LogP contribution >= 0.6 is 0 Å². The summed E-state index contributed by atoms with van der Waals surface area (Å²) in [4.78, 5) is 2.39. The Morgan fingerprint density at radius 1 is 1.11 bits per heavy atom. The highest BCUT2D eigenvalue weighted by Crippen LogP contribution is 2.25. The first-order valence-electron chi connectivity index (χ1n) is 6.78. The lowest BCUT2D eigenvalue weighted by Gasteiger charge is -2.35. The summed E-state index contributed by atoms with van der Waals surface area (Å²) in [6.45, 7) is 4.32. The lowest BCUT2D eigenvalue weighted by Crippen LogP contribution is -2.40. The molecular weight excluding hydrogens is 226 g/mol. The van der Waals surface area contributed by atoms with Crippen molar-refractivity contribution < 1.29 is 9.84 Å². The number of ether oxygens (including phenoxy) is 1. The highest BCUT2D eigenvalue weighted by molar-refractivity contribution is 5.29. The molecule has 0 bridgehead atoms. The van der Waals surface area contributed by atoms with Gasteiger partial charge in [-0.25, -0.2) is 0 Å². The van der Waals surface area contributed by atoms with E-state index in [1.807, 2.05) is 24.3 Å². The maximum atomic E-state index is 10.4. The molecule has 3 nitrogen and oxygen atoms in total. The molecule has 1 aromatic rings. The van der Waals surface area contributed by atoms with Crippen LogP contribution in [0, 0.1) is 0 Å². The normalized spacial score (nSPS) is 20.4. The molecule has 0 aliphatic carbocycles. The lowest BCUT2D eigenvalue weighted by molar-refractivity contribution is 0.0471. The Labute approximate surface area is 109 Å². The van der Waals surface area contributed by atoms with Crippen molar-refractivity contribution in [1.82, 2.24) is 4.90 Å². The molecule has 1 saturated heterocycles. The summed E-state index contributed by atoms with van der Waals surface area (Å²) in [5, 5.41) is 10.4. The number of benzene rings is 1. The molecular formula is C15H23NO2. The van der Waals surface area contributed by atoms with Crippen LogP contribution < -0.4 is 4.74 Å². The van der Waals surface area contributed by atoms with Crippen molar-refractivity contribution in [1.29, 1.82) is 0 Å². The first-order valence-corrected chi connectivity index (χ1v) is 6.78. The summed E-state index contributed by atoms with van der Waals surface area (Å²) >= 11 is 0. The van der Waals surface area contributed by atoms with E-state index in [0.717, 1.165) is 24.4 Å². The Morgan fingerprint density at radius 2 is 1.72 bits per heavy atom. The molecule has 100 valence electrons. The van der Waals surface area contributed by atoms with Crippen molar-refractivity contribution in [3.8, 4) is 5.75 Å². The van der Waals surface area contributed by atoms with Gasteiger partial charge in [-0.3, -0.25) is 4.90 Å². The fourth-order valence-corrected chi connectivity index (χ4v) is 2.60. The van der Waals surface area contributed by atoms with E-state index in [4.69, 9.17) is 4.74 Å². The van der Waals surface area contributed by atoms with Gasteiger partial charge >= 0.3 is 0 Å². The van der Waals surface area contributed by atoms with Crippen LogP contribution in [0.5, 0.6) is 5.75 Å². The van der Waals surface area contributed by atoms with Crippen LogP contribution in [0.1, 0.15) is 37.9 Å². The molecule has 0 saturated carbocycles. The van der Waals surface area contributed by atoms with Crippen LogP contribution in [0.4, 0.5) is 0 Å². The van der Waals surface area contributed by atoms with E-state index in [9.17, 15) is 5.11 Å². The zero-order chi connectivity index (χ0) is 13.0. The van der Waals surface area contributed by atoms with Crippen molar-refractivity contribution in [2.45, 2.75) is 38.3 Å². The van der Waals surface area contributed by atoms with Crippen molar-refractivity contribution in [3.63, 3.8) is 0 Å². The molecule has 0 radical (unpaired) electrons. The Morgan fingerprint density at radius 3 is 2.28 bits per heavy atom. The first-order chi connectivity index (χ1) is 8.72. The van der Waals surface area contributed by atoms with Gasteiger partial charge in [0.1, 0.15) is 5.75 Å². The quantitative estimate of drug-likeness (QED) is 0.890. The molecule has 0 spiro atoms. The lowest BCUT2D eigenvalue weighted by atomic mass is 10.00. The third-order valence-corrected chi connectivity index (χ3v) is 3.88. The number of piperidine rings is 1. The van der Waals surface area contributed by atoms with Gasteiger partial charge < -0.3 is 9.84 Å². The van der Waals surface area contributed by atoms with E-state index in [2.05, 4.69) is 11.8 Å². The number of rotatable bonds is 4. The van der Waals surface area contributed by atoms with Crippen LogP contribution in [-0.2, 0) is 0 Å². The minimum atomic E-state index is -0.422. The van der Waals surface area contributed by atoms with Gasteiger partial charge in [-0.15, -0.1) is 0 Å². The van der Waals surface area contributed by atoms with Crippen LogP contribution in [0.15, 0.2) is 24.3 Å². The molecule has 1 aliphatic rings. The fraction of sp³-hybridized carbons (Fsp3) is 0.600. The van der Waals surface area contributed by atoms with Crippen LogP contribution in [-0.4, -0.2) is 36.2 Å². The van der Waals surface area contributed by atoms with Crippen molar-refractivity contribution >= 4 is 0 Å². The smallest absolute Gasteiger partial charge is 0.118 e. The predicted octanol–water partition coefficient (Wildman–Crippen LogP) is 2.60. The van der Waals surface area contributed by atoms with Crippen LogP contribution in [0.2, 0.25) is 0 Å². The molecule has 1 heterocycles. The monoisotopic (exact) mass is 249 g/mol. The minimum Gasteiger partial charge on any atom is -0.497 e. The maximum absolute atomic E-state index is 10.4. The SMILES string of the molecule is COc1ccc([C@H](O)[C@@H](C)N2CCCCC2)cc1. The van der Waals surface area contributed by atoms with Gasteiger partial charge in [0.15, 0.2) is 0 Å². The number of likely N-dealkylation sites (tertiary alicyclic amines) is 1. The second-order valence-electron chi connectivity index (χ2n) is 5.06. The molecule has 2 rings (SSSR count). The van der Waals surface area contributed by atoms with E-state index in [0.29, 0.717) is 0 Å². The number of aliphatic hydroxyl groups is 1. The molecule has 1 aliphatic heterocycles. The molecule has 0 unspecified atom stereocenters. The summed E-state index contributed by atoms with van der Waals surface area (Å²) < 4.78 is 5.13. The summed E-state index contributed by atoms with van der Waals surface area (Å²) in [5.74, 6) is 0.830. The zero-order valence-corrected chi connectivity index (χ0v) is 11.3. The molecule has 18 heavy (non-hydrogen) atoms. The van der Waals surface area contributed by atoms with Gasteiger partial charge in [0.05, 0.1) is 13.2 Å². The maximum Gasteiger partial charge on any atom is 0.118 e. The molecule has 1 aromatic carbocycles. The van der Waals surface area contributed by atoms with E-state index < -0.39 is 6.10 Å². The standard InChI is InChI=1S/C15H23NO2/c1-12(16-10-4-3-5-11-16)15(17)13-6-8-14(18-2)9-7-13/h6-9,12,15,17H,3-5,10-11H2,1-2H3/t12-,15-/m1/s1. The second-order valence-corrected chi connectivity index (χ2v) is 5.06. The highest BCUT2D eigenvalue weighted by atomic mass is 16.5. The summed E-state index contributed by atoms with van der Waals surface area (Å²) in [6.07, 6.45) is 3.40. The van der Waals surface area contributed by atoms with Crippen molar-refractivity contribution in [3.05, 3.63) is 29.8 Å². The van der Waals surface area contributed by atoms with Gasteiger partial charge in [-0.2, -0.15) is 0 Å². The van der Waals surface area contributed by atoms with Crippen molar-refractivity contribution in [2.24, 2.45) is 0 Å². The minimum absolute atomic E-state index is 0.179. The molecule has 0 aromatic heterocycles. The van der Waals surface area contributed by atoms with Gasteiger partial charge in [0.25, 0.3) is 0 Å². The number of methoxy groups -OCH3 is 1. The van der Waals surface area contributed by atoms with E-state index >= 15 is 0 Å². The third kappa shape index (κ3) is 3.03. The average Bonchev–Trinajstić information content (AvgIpc) is 2.47. The largest absolute Gasteiger partial charge is 0.497 e. The Hall–Kier alpha value is -1.06. The molecule has 3 heteroatoms. The molecule has 1 N–H and O–H groups in total. The van der Waals surface area contributed by atoms with Gasteiger partial charge in [-0.1, -0.05) is 18.6 Å². The Bertz CT molecular complexity index is 357. The van der Waals surface area contributed by atoms with Gasteiger partial charge in [-0.05, 0) is 50.6 Å². The molecule has 1 fully saturated rings. The third-order valence-electron chi connectivity index (χ3n) is 3.88. The average molecular weight is 249 g/mol. The highest BCUT2D eigenvalue weighted by Gasteiger charge is 2.24. The Kier molecular flexibility index (Phi) is 4.61. The van der Waals surface area contributed by atoms with E-state index in [-0.39, 0.29) is 6.04 Å². The molecule has 0 amide bonds. The van der Waals surface area contributed by atoms with E-state index in [1.54, 1.807) is 7.11 Å². The van der Waals surface area contributed by atoms with E-state index in [1.165, 1.54) is 19.3 Å². The Balaban J connectivity index is 2.01. The van der Waals surface area contributed by atoms with Crippen molar-refractivity contribution in [2.75, 3.05) is 20.2 Å². The summed E-state index contributed by atoms with van der Waals surface area (Å²) in [5.41, 5.74) is 0.967. The molecule has 2 atom stereocenters. The predicted molar refractivity (Wildman–Crippen MR) is 72.8 cm³/mol. The van der Waals surface area contributed by atoms with Gasteiger partial charge in [0.2, 0.25) is 0 Å². The summed E-state index contributed by atoms with van der Waals surface area (Å²) in [6, 6.07) is 7.88. The second kappa shape index (κ2) is 6.21. The fourth-order valence-electron chi connectivity index (χ4n) is 2.60. The number of hydrogen-bond acceptors (Lipinski definition) is 3. The first kappa shape index (κ1) is 13.4.